The predicted octanol–water partition coefficient (Wildman–Crippen LogP) is 3.90. The summed E-state index contributed by atoms with van der Waals surface area (Å²) in [6.07, 6.45) is 4.89. The van der Waals surface area contributed by atoms with Gasteiger partial charge in [0.25, 0.3) is 0 Å². The van der Waals surface area contributed by atoms with Crippen molar-refractivity contribution in [2.75, 3.05) is 23.7 Å². The van der Waals surface area contributed by atoms with E-state index >= 15 is 0 Å². The zero-order chi connectivity index (χ0) is 18.9. The molecule has 0 saturated carbocycles. The van der Waals surface area contributed by atoms with E-state index < -0.39 is 0 Å². The van der Waals surface area contributed by atoms with Crippen molar-refractivity contribution in [2.24, 2.45) is 0 Å². The van der Waals surface area contributed by atoms with Gasteiger partial charge in [0, 0.05) is 18.8 Å². The van der Waals surface area contributed by atoms with Gasteiger partial charge < -0.3 is 15.6 Å². The number of aromatic amines is 1. The number of hydrogen-bond donors (Lipinski definition) is 2. The number of rotatable bonds is 3. The Morgan fingerprint density at radius 3 is 2.57 bits per heavy atom. The van der Waals surface area contributed by atoms with Gasteiger partial charge in [-0.3, -0.25) is 0 Å². The summed E-state index contributed by atoms with van der Waals surface area (Å²) in [5.41, 5.74) is 11.8. The maximum Gasteiger partial charge on any atom is 0.161 e. The summed E-state index contributed by atoms with van der Waals surface area (Å²) in [5, 5.41) is 0. The van der Waals surface area contributed by atoms with Crippen molar-refractivity contribution in [3.63, 3.8) is 0 Å². The third kappa shape index (κ3) is 2.99. The van der Waals surface area contributed by atoms with Gasteiger partial charge in [0.15, 0.2) is 11.6 Å². The zero-order valence-corrected chi connectivity index (χ0v) is 15.3. The van der Waals surface area contributed by atoms with Crippen molar-refractivity contribution >= 4 is 28.1 Å². The van der Waals surface area contributed by atoms with Gasteiger partial charge in [0.1, 0.15) is 5.69 Å². The minimum absolute atomic E-state index is 0.380. The fraction of sp³-hybridized carbons (Fsp3) is 0.136. The molecule has 6 heteroatoms. The molecule has 3 N–H and O–H groups in total. The van der Waals surface area contributed by atoms with Crippen LogP contribution < -0.4 is 10.6 Å². The Bertz CT molecular complexity index is 1130. The van der Waals surface area contributed by atoms with E-state index in [0.717, 1.165) is 36.2 Å². The average molecular weight is 368 g/mol. The monoisotopic (exact) mass is 368 g/mol. The van der Waals surface area contributed by atoms with E-state index in [-0.39, 0.29) is 0 Å². The summed E-state index contributed by atoms with van der Waals surface area (Å²) in [5.74, 6) is 1.03. The van der Waals surface area contributed by atoms with Gasteiger partial charge in [0.2, 0.25) is 0 Å². The maximum atomic E-state index is 6.11. The molecule has 28 heavy (non-hydrogen) atoms. The number of hydrogen-bond acceptors (Lipinski definition) is 5. The molecule has 1 aliphatic heterocycles. The number of anilines is 2. The normalized spacial score (nSPS) is 14.3. The van der Waals surface area contributed by atoms with Crippen LogP contribution in [0.1, 0.15) is 12.1 Å². The predicted molar refractivity (Wildman–Crippen MR) is 113 cm³/mol. The van der Waals surface area contributed by atoms with Crippen LogP contribution >= 0.6 is 0 Å². The van der Waals surface area contributed by atoms with Crippen molar-refractivity contribution < 1.29 is 0 Å². The molecule has 4 aromatic rings. The van der Waals surface area contributed by atoms with E-state index in [1.807, 2.05) is 30.3 Å². The molecule has 0 atom stereocenters. The lowest BCUT2D eigenvalue weighted by atomic mass is 10.0. The second-order valence-corrected chi connectivity index (χ2v) is 6.85. The molecule has 1 aliphatic rings. The van der Waals surface area contributed by atoms with Gasteiger partial charge in [-0.25, -0.2) is 15.0 Å². The molecule has 0 fully saturated rings. The van der Waals surface area contributed by atoms with Crippen LogP contribution in [0.3, 0.4) is 0 Å². The molecule has 2 aromatic carbocycles. The minimum Gasteiger partial charge on any atom is -0.382 e. The van der Waals surface area contributed by atoms with Gasteiger partial charge in [-0.15, -0.1) is 0 Å². The Balaban J connectivity index is 1.45. The molecule has 0 aliphatic carbocycles. The molecule has 0 saturated heterocycles. The third-order valence-electron chi connectivity index (χ3n) is 5.07. The van der Waals surface area contributed by atoms with Crippen LogP contribution in [0, 0.1) is 0 Å². The zero-order valence-electron chi connectivity index (χ0n) is 15.3. The van der Waals surface area contributed by atoms with E-state index in [1.54, 1.807) is 6.20 Å². The molecular weight excluding hydrogens is 348 g/mol. The Hall–Kier alpha value is -3.67. The fourth-order valence-electron chi connectivity index (χ4n) is 3.57. The summed E-state index contributed by atoms with van der Waals surface area (Å²) >= 11 is 0. The number of imidazole rings is 1. The second kappa shape index (κ2) is 6.81. The molecule has 2 aromatic heterocycles. The smallest absolute Gasteiger partial charge is 0.161 e. The Morgan fingerprint density at radius 2 is 1.79 bits per heavy atom. The standard InChI is InChI=1S/C22H20N6/c23-21-20(22-26-17-8-4-5-9-18(17)27-22)25-19(14-24-21)15-10-12-28(13-11-15)16-6-2-1-3-7-16/h1-10,14H,11-13H2,(H2,23,24)(H,26,27). The number of para-hydroxylation sites is 3. The number of nitrogens with two attached hydrogens (primary N) is 1. The first-order valence-electron chi connectivity index (χ1n) is 9.35. The van der Waals surface area contributed by atoms with Crippen LogP contribution in [0.4, 0.5) is 11.5 Å². The first-order chi connectivity index (χ1) is 13.8. The lowest BCUT2D eigenvalue weighted by Gasteiger charge is -2.28. The van der Waals surface area contributed by atoms with Crippen LogP contribution in [0.25, 0.3) is 28.1 Å². The number of benzene rings is 2. The summed E-state index contributed by atoms with van der Waals surface area (Å²) in [6.45, 7) is 1.80. The van der Waals surface area contributed by atoms with Gasteiger partial charge in [0.05, 0.1) is 22.9 Å². The highest BCUT2D eigenvalue weighted by Gasteiger charge is 2.17. The molecule has 138 valence electrons. The largest absolute Gasteiger partial charge is 0.382 e. The Kier molecular flexibility index (Phi) is 4.01. The lowest BCUT2D eigenvalue weighted by molar-refractivity contribution is 0.829. The minimum atomic E-state index is 0.380. The van der Waals surface area contributed by atoms with Crippen molar-refractivity contribution in [1.29, 1.82) is 0 Å². The van der Waals surface area contributed by atoms with Crippen molar-refractivity contribution in [1.82, 2.24) is 19.9 Å². The lowest BCUT2D eigenvalue weighted by Crippen LogP contribution is -2.28. The molecule has 0 spiro atoms. The summed E-state index contributed by atoms with van der Waals surface area (Å²) in [7, 11) is 0. The van der Waals surface area contributed by atoms with Crippen molar-refractivity contribution in [3.8, 4) is 11.5 Å². The number of H-pyrrole nitrogens is 1. The molecule has 5 rings (SSSR count). The molecule has 6 nitrogen and oxygen atoms in total. The quantitative estimate of drug-likeness (QED) is 0.573. The number of aromatic nitrogens is 4. The van der Waals surface area contributed by atoms with E-state index in [4.69, 9.17) is 10.7 Å². The van der Waals surface area contributed by atoms with Crippen molar-refractivity contribution in [2.45, 2.75) is 6.42 Å². The van der Waals surface area contributed by atoms with Crippen LogP contribution in [0.5, 0.6) is 0 Å². The first-order valence-corrected chi connectivity index (χ1v) is 9.35. The van der Waals surface area contributed by atoms with Crippen molar-refractivity contribution in [3.05, 3.63) is 72.6 Å². The van der Waals surface area contributed by atoms with Gasteiger partial charge in [-0.05, 0) is 36.3 Å². The Labute approximate surface area is 162 Å². The highest BCUT2D eigenvalue weighted by atomic mass is 15.1. The molecule has 0 radical (unpaired) electrons. The van der Waals surface area contributed by atoms with Gasteiger partial charge >= 0.3 is 0 Å². The third-order valence-corrected chi connectivity index (χ3v) is 5.07. The molecular formula is C22H20N6. The maximum absolute atomic E-state index is 6.11. The van der Waals surface area contributed by atoms with Gasteiger partial charge in [-0.2, -0.15) is 0 Å². The van der Waals surface area contributed by atoms with Crippen LogP contribution in [-0.4, -0.2) is 33.0 Å². The average Bonchev–Trinajstić information content (AvgIpc) is 3.19. The summed E-state index contributed by atoms with van der Waals surface area (Å²) < 4.78 is 0. The SMILES string of the molecule is Nc1ncc(C2=CCN(c3ccccc3)CC2)nc1-c1nc2ccccc2[nH]1. The molecule has 0 amide bonds. The highest BCUT2D eigenvalue weighted by Crippen LogP contribution is 2.28. The Morgan fingerprint density at radius 1 is 0.964 bits per heavy atom. The van der Waals surface area contributed by atoms with E-state index in [9.17, 15) is 0 Å². The number of nitrogen functional groups attached to an aromatic ring is 1. The van der Waals surface area contributed by atoms with Crippen LogP contribution in [0.2, 0.25) is 0 Å². The number of nitrogens with zero attached hydrogens (tertiary/aromatic N) is 4. The molecule has 3 heterocycles. The van der Waals surface area contributed by atoms with Gasteiger partial charge in [-0.1, -0.05) is 36.4 Å². The van der Waals surface area contributed by atoms with E-state index in [2.05, 4.69) is 50.2 Å². The molecule has 0 unspecified atom stereocenters. The summed E-state index contributed by atoms with van der Waals surface area (Å²) in [4.78, 5) is 19.4. The second-order valence-electron chi connectivity index (χ2n) is 6.85. The summed E-state index contributed by atoms with van der Waals surface area (Å²) in [6, 6.07) is 18.3. The topological polar surface area (TPSA) is 83.7 Å². The van der Waals surface area contributed by atoms with Crippen LogP contribution in [-0.2, 0) is 0 Å². The molecule has 0 bridgehead atoms. The van der Waals surface area contributed by atoms with E-state index in [0.29, 0.717) is 17.3 Å². The fourth-order valence-corrected chi connectivity index (χ4v) is 3.57. The first kappa shape index (κ1) is 16.5. The van der Waals surface area contributed by atoms with Crippen LogP contribution in [0.15, 0.2) is 66.9 Å². The number of nitrogens with one attached hydrogen (secondary N) is 1. The number of fused-ring (bicyclic) bond motifs is 1. The highest BCUT2D eigenvalue weighted by molar-refractivity contribution is 5.81. The van der Waals surface area contributed by atoms with E-state index in [1.165, 1.54) is 11.3 Å².